The summed E-state index contributed by atoms with van der Waals surface area (Å²) in [7, 11) is 4.38. The third-order valence-corrected chi connectivity index (χ3v) is 7.93. The third-order valence-electron chi connectivity index (χ3n) is 5.92. The summed E-state index contributed by atoms with van der Waals surface area (Å²) in [6.07, 6.45) is 7.54. The predicted octanol–water partition coefficient (Wildman–Crippen LogP) is 6.22. The summed E-state index contributed by atoms with van der Waals surface area (Å²) < 4.78 is 27.3. The quantitative estimate of drug-likeness (QED) is 0.363. The molecule has 0 fully saturated rings. The highest BCUT2D eigenvalue weighted by Gasteiger charge is 2.28. The van der Waals surface area contributed by atoms with Gasteiger partial charge < -0.3 is 9.80 Å². The summed E-state index contributed by atoms with van der Waals surface area (Å²) in [5.74, 6) is 0. The highest BCUT2D eigenvalue weighted by molar-refractivity contribution is 7.91. The van der Waals surface area contributed by atoms with E-state index >= 15 is 0 Å². The minimum atomic E-state index is -3.62. The van der Waals surface area contributed by atoms with Gasteiger partial charge in [0.1, 0.15) is 5.25 Å². The number of aryl methyl sites for hydroxylation is 2. The molecule has 0 spiro atoms. The molecule has 0 saturated carbocycles. The van der Waals surface area contributed by atoms with Gasteiger partial charge in [-0.2, -0.15) is 0 Å². The Balaban J connectivity index is 1.98. The van der Waals surface area contributed by atoms with E-state index in [1.807, 2.05) is 82.5 Å². The van der Waals surface area contributed by atoms with E-state index in [1.165, 1.54) is 5.56 Å². The van der Waals surface area contributed by atoms with Crippen LogP contribution in [0.1, 0.15) is 27.5 Å². The Morgan fingerprint density at radius 3 is 1.88 bits per heavy atom. The molecule has 0 heterocycles. The molecule has 1 atom stereocenters. The van der Waals surface area contributed by atoms with Gasteiger partial charge in [-0.15, -0.1) is 0 Å². The highest BCUT2D eigenvalue weighted by Crippen LogP contribution is 2.33. The number of nitrogens with zero attached hydrogens (tertiary/aromatic N) is 2. The first kappa shape index (κ1) is 25.3. The van der Waals surface area contributed by atoms with Crippen LogP contribution in [0.2, 0.25) is 0 Å². The van der Waals surface area contributed by atoms with E-state index in [9.17, 15) is 8.42 Å². The van der Waals surface area contributed by atoms with E-state index in [0.29, 0.717) is 4.90 Å². The average Bonchev–Trinajstić information content (AvgIpc) is 2.80. The maximum Gasteiger partial charge on any atom is 0.188 e. The minimum Gasteiger partial charge on any atom is -0.378 e. The second kappa shape index (κ2) is 10.7. The monoisotopic (exact) mass is 474 g/mol. The van der Waals surface area contributed by atoms with Gasteiger partial charge in [0.15, 0.2) is 9.84 Å². The Hall–Kier alpha value is -3.31. The second-order valence-electron chi connectivity index (χ2n) is 8.89. The lowest BCUT2D eigenvalue weighted by Crippen LogP contribution is -2.14. The molecule has 0 radical (unpaired) electrons. The Bertz CT molecular complexity index is 1290. The molecule has 0 aromatic heterocycles. The molecule has 3 aromatic carbocycles. The molecular formula is C29H34N2O2S. The number of sulfone groups is 1. The maximum atomic E-state index is 13.6. The zero-order valence-corrected chi connectivity index (χ0v) is 21.7. The third kappa shape index (κ3) is 5.78. The van der Waals surface area contributed by atoms with Crippen molar-refractivity contribution in [1.29, 1.82) is 0 Å². The molecule has 0 aliphatic heterocycles. The van der Waals surface area contributed by atoms with Crippen LogP contribution in [0.25, 0.3) is 6.08 Å². The van der Waals surface area contributed by atoms with Crippen molar-refractivity contribution >= 4 is 27.3 Å². The van der Waals surface area contributed by atoms with E-state index in [-0.39, 0.29) is 0 Å². The van der Waals surface area contributed by atoms with Gasteiger partial charge in [-0.3, -0.25) is 0 Å². The number of benzene rings is 3. The van der Waals surface area contributed by atoms with Crippen LogP contribution in [0.5, 0.6) is 0 Å². The molecule has 3 rings (SSSR count). The van der Waals surface area contributed by atoms with Crippen LogP contribution in [0.3, 0.4) is 0 Å². The van der Waals surface area contributed by atoms with Crippen LogP contribution in [0.15, 0.2) is 89.9 Å². The number of hydrogen-bond donors (Lipinski definition) is 0. The van der Waals surface area contributed by atoms with Gasteiger partial charge in [0.25, 0.3) is 0 Å². The first-order valence-electron chi connectivity index (χ1n) is 11.3. The summed E-state index contributed by atoms with van der Waals surface area (Å²) in [6, 6.07) is 20.9. The first-order chi connectivity index (χ1) is 16.1. The fourth-order valence-electron chi connectivity index (χ4n) is 3.84. The normalized spacial score (nSPS) is 12.9. The molecular weight excluding hydrogens is 440 g/mol. The van der Waals surface area contributed by atoms with Crippen LogP contribution in [0, 0.1) is 13.8 Å². The zero-order valence-electron chi connectivity index (χ0n) is 20.9. The molecule has 0 amide bonds. The van der Waals surface area contributed by atoms with Gasteiger partial charge in [0.05, 0.1) is 4.90 Å². The second-order valence-corrected chi connectivity index (χ2v) is 11.0. The van der Waals surface area contributed by atoms with Gasteiger partial charge in [-0.1, -0.05) is 54.6 Å². The Kier molecular flexibility index (Phi) is 8.00. The van der Waals surface area contributed by atoms with E-state index in [4.69, 9.17) is 0 Å². The predicted molar refractivity (Wildman–Crippen MR) is 146 cm³/mol. The van der Waals surface area contributed by atoms with Crippen molar-refractivity contribution in [3.63, 3.8) is 0 Å². The van der Waals surface area contributed by atoms with Crippen LogP contribution >= 0.6 is 0 Å². The molecule has 0 aliphatic carbocycles. The standard InChI is InChI=1S/C29H34N2O2S/c1-22-20-25(30(3)4)17-16-24(22)12-10-11-15-29(34(32,33)27-13-8-7-9-14-27)28-19-18-26(31(5)6)21-23(28)2/h7-21,29H,1-6H3. The van der Waals surface area contributed by atoms with Crippen molar-refractivity contribution in [1.82, 2.24) is 0 Å². The Labute approximate surface area is 204 Å². The number of rotatable bonds is 8. The molecule has 4 nitrogen and oxygen atoms in total. The molecule has 0 saturated heterocycles. The van der Waals surface area contributed by atoms with E-state index in [2.05, 4.69) is 30.0 Å². The van der Waals surface area contributed by atoms with Crippen molar-refractivity contribution in [3.05, 3.63) is 107 Å². The van der Waals surface area contributed by atoms with Crippen LogP contribution in [-0.4, -0.2) is 36.6 Å². The van der Waals surface area contributed by atoms with E-state index in [1.54, 1.807) is 30.3 Å². The van der Waals surface area contributed by atoms with Crippen molar-refractivity contribution in [3.8, 4) is 0 Å². The van der Waals surface area contributed by atoms with Crippen molar-refractivity contribution in [2.24, 2.45) is 0 Å². The molecule has 0 aliphatic rings. The fourth-order valence-corrected chi connectivity index (χ4v) is 5.56. The van der Waals surface area contributed by atoms with Gasteiger partial charge in [0, 0.05) is 39.6 Å². The summed E-state index contributed by atoms with van der Waals surface area (Å²) in [6.45, 7) is 4.05. The lowest BCUT2D eigenvalue weighted by molar-refractivity contribution is 0.590. The highest BCUT2D eigenvalue weighted by atomic mass is 32.2. The minimum absolute atomic E-state index is 0.319. The maximum absolute atomic E-state index is 13.6. The van der Waals surface area contributed by atoms with Gasteiger partial charge in [0.2, 0.25) is 0 Å². The lowest BCUT2D eigenvalue weighted by Gasteiger charge is -2.20. The zero-order chi connectivity index (χ0) is 24.9. The smallest absolute Gasteiger partial charge is 0.188 e. The molecule has 5 heteroatoms. The molecule has 34 heavy (non-hydrogen) atoms. The van der Waals surface area contributed by atoms with Gasteiger partial charge >= 0.3 is 0 Å². The molecule has 1 unspecified atom stereocenters. The van der Waals surface area contributed by atoms with Crippen molar-refractivity contribution in [2.45, 2.75) is 24.0 Å². The molecule has 0 bridgehead atoms. The number of anilines is 2. The number of hydrogen-bond acceptors (Lipinski definition) is 4. The van der Waals surface area contributed by atoms with Gasteiger partial charge in [-0.25, -0.2) is 8.42 Å². The largest absolute Gasteiger partial charge is 0.378 e. The number of allylic oxidation sites excluding steroid dienone is 2. The fraction of sp³-hybridized carbons (Fsp3) is 0.241. The van der Waals surface area contributed by atoms with Crippen molar-refractivity contribution < 1.29 is 8.42 Å². The summed E-state index contributed by atoms with van der Waals surface area (Å²) in [5, 5.41) is -0.784. The van der Waals surface area contributed by atoms with Crippen LogP contribution < -0.4 is 9.80 Å². The van der Waals surface area contributed by atoms with Crippen molar-refractivity contribution in [2.75, 3.05) is 38.0 Å². The molecule has 3 aromatic rings. The van der Waals surface area contributed by atoms with Crippen LogP contribution in [-0.2, 0) is 9.84 Å². The van der Waals surface area contributed by atoms with E-state index < -0.39 is 15.1 Å². The molecule has 178 valence electrons. The first-order valence-corrected chi connectivity index (χ1v) is 12.9. The van der Waals surface area contributed by atoms with Crippen LogP contribution in [0.4, 0.5) is 11.4 Å². The SMILES string of the molecule is Cc1cc(N(C)C)ccc1C=CC=CC(c1ccc(N(C)C)cc1C)S(=O)(=O)c1ccccc1. The Morgan fingerprint density at radius 1 is 0.735 bits per heavy atom. The topological polar surface area (TPSA) is 40.6 Å². The average molecular weight is 475 g/mol. The van der Waals surface area contributed by atoms with E-state index in [0.717, 1.165) is 28.1 Å². The molecule has 0 N–H and O–H groups in total. The summed E-state index contributed by atoms with van der Waals surface area (Å²) in [4.78, 5) is 4.41. The Morgan fingerprint density at radius 2 is 1.32 bits per heavy atom. The summed E-state index contributed by atoms with van der Waals surface area (Å²) in [5.41, 5.74) is 6.18. The summed E-state index contributed by atoms with van der Waals surface area (Å²) >= 11 is 0. The van der Waals surface area contributed by atoms with Gasteiger partial charge in [-0.05, 0) is 72.5 Å². The lowest BCUT2D eigenvalue weighted by atomic mass is 10.0.